The Labute approximate surface area is 67.5 Å². The third kappa shape index (κ3) is 1.84. The molecule has 1 unspecified atom stereocenters. The van der Waals surface area contributed by atoms with E-state index in [0.717, 1.165) is 18.5 Å². The Morgan fingerprint density at radius 1 is 1.55 bits per heavy atom. The van der Waals surface area contributed by atoms with Crippen molar-refractivity contribution < 1.29 is 5.11 Å². The highest BCUT2D eigenvalue weighted by Gasteiger charge is 2.04. The molecule has 0 saturated carbocycles. The van der Waals surface area contributed by atoms with Gasteiger partial charge in [-0.15, -0.1) is 0 Å². The quantitative estimate of drug-likeness (QED) is 0.705. The van der Waals surface area contributed by atoms with Gasteiger partial charge in [-0.05, 0) is 25.0 Å². The smallest absolute Gasteiger partial charge is 0.0802 e. The first-order chi connectivity index (χ1) is 5.27. The molecule has 0 spiro atoms. The zero-order chi connectivity index (χ0) is 8.27. The molecule has 1 aromatic heterocycles. The standard InChI is InChI=1S/C9H15NO/c1-3-9(11)8-5-6-10(4-2)7-8/h5-7,9,11H,3-4H2,1-2H3. The lowest BCUT2D eigenvalue weighted by molar-refractivity contribution is 0.173. The predicted molar refractivity (Wildman–Crippen MR) is 45.4 cm³/mol. The molecule has 1 heterocycles. The van der Waals surface area contributed by atoms with Gasteiger partial charge in [0, 0.05) is 18.9 Å². The summed E-state index contributed by atoms with van der Waals surface area (Å²) in [6.45, 7) is 5.03. The summed E-state index contributed by atoms with van der Waals surface area (Å²) in [6, 6.07) is 1.97. The Bertz CT molecular complexity index is 217. The van der Waals surface area contributed by atoms with Gasteiger partial charge in [-0.25, -0.2) is 0 Å². The van der Waals surface area contributed by atoms with Gasteiger partial charge >= 0.3 is 0 Å². The molecule has 0 aromatic carbocycles. The van der Waals surface area contributed by atoms with E-state index in [-0.39, 0.29) is 6.10 Å². The van der Waals surface area contributed by atoms with Crippen molar-refractivity contribution in [3.8, 4) is 0 Å². The number of hydrogen-bond acceptors (Lipinski definition) is 1. The average Bonchev–Trinajstić information content (AvgIpc) is 2.50. The molecule has 2 heteroatoms. The van der Waals surface area contributed by atoms with Crippen molar-refractivity contribution in [2.45, 2.75) is 32.9 Å². The maximum Gasteiger partial charge on any atom is 0.0802 e. The van der Waals surface area contributed by atoms with Crippen LogP contribution in [0.4, 0.5) is 0 Å². The summed E-state index contributed by atoms with van der Waals surface area (Å²) >= 11 is 0. The number of nitrogens with zero attached hydrogens (tertiary/aromatic N) is 1. The second-order valence-electron chi connectivity index (χ2n) is 2.70. The van der Waals surface area contributed by atoms with Crippen LogP contribution in [0.1, 0.15) is 31.9 Å². The van der Waals surface area contributed by atoms with E-state index in [2.05, 4.69) is 11.5 Å². The third-order valence-corrected chi connectivity index (χ3v) is 1.91. The van der Waals surface area contributed by atoms with E-state index < -0.39 is 0 Å². The van der Waals surface area contributed by atoms with Crippen molar-refractivity contribution in [3.63, 3.8) is 0 Å². The molecular formula is C9H15NO. The highest BCUT2D eigenvalue weighted by molar-refractivity contribution is 5.13. The van der Waals surface area contributed by atoms with Crippen LogP contribution in [0.3, 0.4) is 0 Å². The zero-order valence-corrected chi connectivity index (χ0v) is 7.12. The van der Waals surface area contributed by atoms with Crippen molar-refractivity contribution in [1.82, 2.24) is 4.57 Å². The molecule has 1 rings (SSSR count). The van der Waals surface area contributed by atoms with Crippen LogP contribution in [0.15, 0.2) is 18.5 Å². The molecule has 1 atom stereocenters. The van der Waals surface area contributed by atoms with Gasteiger partial charge in [0.1, 0.15) is 0 Å². The summed E-state index contributed by atoms with van der Waals surface area (Å²) in [5, 5.41) is 9.42. The lowest BCUT2D eigenvalue weighted by Gasteiger charge is -2.03. The number of rotatable bonds is 3. The van der Waals surface area contributed by atoms with Gasteiger partial charge in [0.25, 0.3) is 0 Å². The minimum Gasteiger partial charge on any atom is -0.388 e. The number of aryl methyl sites for hydroxylation is 1. The summed E-state index contributed by atoms with van der Waals surface area (Å²) < 4.78 is 2.06. The predicted octanol–water partition coefficient (Wildman–Crippen LogP) is 1.95. The number of aliphatic hydroxyl groups excluding tert-OH is 1. The van der Waals surface area contributed by atoms with Gasteiger partial charge in [-0.2, -0.15) is 0 Å². The second-order valence-corrected chi connectivity index (χ2v) is 2.70. The Kier molecular flexibility index (Phi) is 2.71. The van der Waals surface area contributed by atoms with Gasteiger partial charge in [-0.3, -0.25) is 0 Å². The van der Waals surface area contributed by atoms with Crippen LogP contribution in [-0.4, -0.2) is 9.67 Å². The van der Waals surface area contributed by atoms with Crippen molar-refractivity contribution in [1.29, 1.82) is 0 Å². The number of aliphatic hydroxyl groups is 1. The van der Waals surface area contributed by atoms with Crippen molar-refractivity contribution >= 4 is 0 Å². The summed E-state index contributed by atoms with van der Waals surface area (Å²) in [5.74, 6) is 0. The minimum atomic E-state index is -0.289. The van der Waals surface area contributed by atoms with E-state index in [1.165, 1.54) is 0 Å². The summed E-state index contributed by atoms with van der Waals surface area (Å²) in [6.07, 6.45) is 4.48. The molecule has 62 valence electrons. The number of aromatic nitrogens is 1. The molecule has 2 nitrogen and oxygen atoms in total. The van der Waals surface area contributed by atoms with Gasteiger partial charge < -0.3 is 9.67 Å². The molecule has 1 aromatic rings. The fraction of sp³-hybridized carbons (Fsp3) is 0.556. The van der Waals surface area contributed by atoms with E-state index in [4.69, 9.17) is 0 Å². The van der Waals surface area contributed by atoms with E-state index >= 15 is 0 Å². The SMILES string of the molecule is CCC(O)c1ccn(CC)c1. The van der Waals surface area contributed by atoms with Crippen LogP contribution in [0, 0.1) is 0 Å². The first-order valence-electron chi connectivity index (χ1n) is 4.11. The third-order valence-electron chi connectivity index (χ3n) is 1.91. The molecule has 0 radical (unpaired) electrons. The van der Waals surface area contributed by atoms with Crippen LogP contribution in [0.2, 0.25) is 0 Å². The van der Waals surface area contributed by atoms with Crippen LogP contribution < -0.4 is 0 Å². The molecular weight excluding hydrogens is 138 g/mol. The van der Waals surface area contributed by atoms with E-state index in [9.17, 15) is 5.11 Å². The average molecular weight is 153 g/mol. The van der Waals surface area contributed by atoms with Crippen LogP contribution >= 0.6 is 0 Å². The zero-order valence-electron chi connectivity index (χ0n) is 7.12. The monoisotopic (exact) mass is 153 g/mol. The van der Waals surface area contributed by atoms with Gasteiger partial charge in [0.05, 0.1) is 6.10 Å². The molecule has 0 bridgehead atoms. The van der Waals surface area contributed by atoms with Gasteiger partial charge in [-0.1, -0.05) is 6.92 Å². The van der Waals surface area contributed by atoms with Crippen molar-refractivity contribution in [3.05, 3.63) is 24.0 Å². The Morgan fingerprint density at radius 3 is 2.73 bits per heavy atom. The molecule has 11 heavy (non-hydrogen) atoms. The fourth-order valence-electron chi connectivity index (χ4n) is 1.09. The Hall–Kier alpha value is -0.760. The lowest BCUT2D eigenvalue weighted by atomic mass is 10.1. The first kappa shape index (κ1) is 8.34. The fourth-order valence-corrected chi connectivity index (χ4v) is 1.09. The number of hydrogen-bond donors (Lipinski definition) is 1. The Balaban J connectivity index is 2.71. The van der Waals surface area contributed by atoms with E-state index in [1.807, 2.05) is 25.4 Å². The summed E-state index contributed by atoms with van der Waals surface area (Å²) in [4.78, 5) is 0. The van der Waals surface area contributed by atoms with Crippen LogP contribution in [-0.2, 0) is 6.54 Å². The molecule has 1 N–H and O–H groups in total. The molecule has 0 aliphatic rings. The summed E-state index contributed by atoms with van der Waals surface area (Å²) in [5.41, 5.74) is 1.02. The molecule has 0 fully saturated rings. The van der Waals surface area contributed by atoms with Crippen molar-refractivity contribution in [2.75, 3.05) is 0 Å². The highest BCUT2D eigenvalue weighted by atomic mass is 16.3. The van der Waals surface area contributed by atoms with Crippen LogP contribution in [0.5, 0.6) is 0 Å². The van der Waals surface area contributed by atoms with Gasteiger partial charge in [0.2, 0.25) is 0 Å². The van der Waals surface area contributed by atoms with Crippen LogP contribution in [0.25, 0.3) is 0 Å². The lowest BCUT2D eigenvalue weighted by Crippen LogP contribution is -1.93. The van der Waals surface area contributed by atoms with Crippen molar-refractivity contribution in [2.24, 2.45) is 0 Å². The normalized spacial score (nSPS) is 13.4. The van der Waals surface area contributed by atoms with Gasteiger partial charge in [0.15, 0.2) is 0 Å². The molecule has 0 saturated heterocycles. The topological polar surface area (TPSA) is 25.2 Å². The molecule has 0 aliphatic heterocycles. The Morgan fingerprint density at radius 2 is 2.27 bits per heavy atom. The van der Waals surface area contributed by atoms with E-state index in [1.54, 1.807) is 0 Å². The largest absolute Gasteiger partial charge is 0.388 e. The molecule has 0 amide bonds. The summed E-state index contributed by atoms with van der Waals surface area (Å²) in [7, 11) is 0. The second kappa shape index (κ2) is 3.58. The maximum absolute atomic E-state index is 9.42. The maximum atomic E-state index is 9.42. The first-order valence-corrected chi connectivity index (χ1v) is 4.11. The minimum absolute atomic E-state index is 0.289. The highest BCUT2D eigenvalue weighted by Crippen LogP contribution is 2.15. The van der Waals surface area contributed by atoms with E-state index in [0.29, 0.717) is 0 Å². The molecule has 0 aliphatic carbocycles.